The Hall–Kier alpha value is -2.20. The minimum Gasteiger partial charge on any atom is -0.481 e. The molecule has 0 aromatic carbocycles. The van der Waals surface area contributed by atoms with Gasteiger partial charge in [0.1, 0.15) is 12.1 Å². The number of carbonyl (C=O) groups is 4. The molecule has 1 amide bonds. The minimum absolute atomic E-state index is 0.0135. The van der Waals surface area contributed by atoms with Crippen molar-refractivity contribution in [3.8, 4) is 0 Å². The Bertz CT molecular complexity index is 399. The van der Waals surface area contributed by atoms with Gasteiger partial charge in [-0.3, -0.25) is 20.2 Å². The molecule has 0 aliphatic carbocycles. The van der Waals surface area contributed by atoms with Gasteiger partial charge in [0.25, 0.3) is 0 Å². The topological polar surface area (TPSA) is 179 Å². The van der Waals surface area contributed by atoms with Crippen LogP contribution in [0, 0.1) is 0 Å². The number of hydrogen-bond acceptors (Lipinski definition) is 6. The summed E-state index contributed by atoms with van der Waals surface area (Å²) in [5.41, 5.74) is 2.08. The van der Waals surface area contributed by atoms with Gasteiger partial charge in [-0.05, 0) is 19.3 Å². The van der Waals surface area contributed by atoms with E-state index in [2.05, 4.69) is 10.7 Å². The van der Waals surface area contributed by atoms with Gasteiger partial charge in [0, 0.05) is 6.42 Å². The number of aliphatic carboxylic acids is 3. The van der Waals surface area contributed by atoms with Crippen molar-refractivity contribution in [2.24, 2.45) is 5.84 Å². The third kappa shape index (κ3) is 8.55. The summed E-state index contributed by atoms with van der Waals surface area (Å²) in [6, 6.07) is -2.19. The number of carboxylic acids is 3. The quantitative estimate of drug-likeness (QED) is 0.196. The first-order chi connectivity index (χ1) is 9.77. The second-order valence-corrected chi connectivity index (χ2v) is 4.34. The van der Waals surface area contributed by atoms with Crippen molar-refractivity contribution in [3.63, 3.8) is 0 Å². The molecule has 0 fully saturated rings. The predicted molar refractivity (Wildman–Crippen MR) is 69.0 cm³/mol. The fraction of sp³-hybridized carbons (Fsp3) is 0.636. The largest absolute Gasteiger partial charge is 0.481 e. The molecule has 0 aromatic rings. The van der Waals surface area contributed by atoms with E-state index < -0.39 is 42.3 Å². The Labute approximate surface area is 120 Å². The smallest absolute Gasteiger partial charge is 0.326 e. The van der Waals surface area contributed by atoms with Crippen LogP contribution in [0.25, 0.3) is 0 Å². The van der Waals surface area contributed by atoms with Crippen molar-refractivity contribution in [1.82, 2.24) is 10.7 Å². The number of hydrazine groups is 1. The molecule has 21 heavy (non-hydrogen) atoms. The van der Waals surface area contributed by atoms with Gasteiger partial charge in [-0.25, -0.2) is 10.2 Å². The summed E-state index contributed by atoms with van der Waals surface area (Å²) >= 11 is 0. The Morgan fingerprint density at radius 2 is 1.43 bits per heavy atom. The van der Waals surface area contributed by atoms with Gasteiger partial charge in [-0.2, -0.15) is 0 Å². The zero-order chi connectivity index (χ0) is 16.4. The van der Waals surface area contributed by atoms with Crippen molar-refractivity contribution >= 4 is 23.8 Å². The standard InChI is InChI=1S/C11H19N3O7/c12-14-7(11(20)21)3-1-2-6(10(18)19)13-8(15)4-5-9(16)17/h6-7,14H,1-5,12H2,(H,13,15)(H,16,17)(H,18,19)(H,20,21)/t6-,7?/m0/s1. The fourth-order valence-electron chi connectivity index (χ4n) is 1.55. The number of rotatable bonds is 11. The Kier molecular flexibility index (Phi) is 8.65. The lowest BCUT2D eigenvalue weighted by molar-refractivity contribution is -0.142. The summed E-state index contributed by atoms with van der Waals surface area (Å²) in [4.78, 5) is 43.3. The Morgan fingerprint density at radius 3 is 1.86 bits per heavy atom. The van der Waals surface area contributed by atoms with E-state index >= 15 is 0 Å². The average molecular weight is 305 g/mol. The summed E-state index contributed by atoms with van der Waals surface area (Å²) in [5, 5.41) is 28.3. The van der Waals surface area contributed by atoms with E-state index in [0.29, 0.717) is 0 Å². The molecular weight excluding hydrogens is 286 g/mol. The van der Waals surface area contributed by atoms with Gasteiger partial charge in [0.15, 0.2) is 0 Å². The summed E-state index contributed by atoms with van der Waals surface area (Å²) in [6.07, 6.45) is -0.394. The molecule has 10 heteroatoms. The van der Waals surface area contributed by atoms with Gasteiger partial charge in [0.2, 0.25) is 5.91 Å². The predicted octanol–water partition coefficient (Wildman–Crippen LogP) is -1.49. The van der Waals surface area contributed by atoms with Crippen LogP contribution in [0.5, 0.6) is 0 Å². The van der Waals surface area contributed by atoms with E-state index in [0.717, 1.165) is 0 Å². The molecule has 0 aliphatic heterocycles. The van der Waals surface area contributed by atoms with Crippen LogP contribution in [0.2, 0.25) is 0 Å². The fourth-order valence-corrected chi connectivity index (χ4v) is 1.55. The van der Waals surface area contributed by atoms with E-state index in [1.807, 2.05) is 0 Å². The summed E-state index contributed by atoms with van der Waals surface area (Å²) in [5.74, 6) is 0.756. The van der Waals surface area contributed by atoms with E-state index in [9.17, 15) is 19.2 Å². The molecule has 0 aromatic heterocycles. The maximum Gasteiger partial charge on any atom is 0.326 e. The van der Waals surface area contributed by atoms with E-state index in [1.165, 1.54) is 0 Å². The van der Waals surface area contributed by atoms with Gasteiger partial charge in [0.05, 0.1) is 6.42 Å². The normalized spacial score (nSPS) is 13.2. The zero-order valence-corrected chi connectivity index (χ0v) is 11.2. The molecule has 10 nitrogen and oxygen atoms in total. The van der Waals surface area contributed by atoms with Crippen LogP contribution in [-0.2, 0) is 19.2 Å². The number of carboxylic acid groups (broad SMARTS) is 3. The number of amides is 1. The van der Waals surface area contributed by atoms with Crippen molar-refractivity contribution in [3.05, 3.63) is 0 Å². The highest BCUT2D eigenvalue weighted by Gasteiger charge is 2.22. The second kappa shape index (κ2) is 9.66. The van der Waals surface area contributed by atoms with Crippen molar-refractivity contribution in [2.75, 3.05) is 0 Å². The minimum atomic E-state index is -1.27. The highest BCUT2D eigenvalue weighted by atomic mass is 16.4. The lowest BCUT2D eigenvalue weighted by Crippen LogP contribution is -2.43. The Morgan fingerprint density at radius 1 is 0.905 bits per heavy atom. The van der Waals surface area contributed by atoms with E-state index in [-0.39, 0.29) is 25.7 Å². The number of nitrogens with two attached hydrogens (primary N) is 1. The molecular formula is C11H19N3O7. The zero-order valence-electron chi connectivity index (χ0n) is 11.2. The van der Waals surface area contributed by atoms with Crippen molar-refractivity contribution in [1.29, 1.82) is 0 Å². The van der Waals surface area contributed by atoms with Crippen molar-refractivity contribution < 1.29 is 34.5 Å². The van der Waals surface area contributed by atoms with Crippen LogP contribution in [0.15, 0.2) is 0 Å². The first-order valence-electron chi connectivity index (χ1n) is 6.20. The molecule has 0 spiro atoms. The lowest BCUT2D eigenvalue weighted by Gasteiger charge is -2.16. The molecule has 1 unspecified atom stereocenters. The molecule has 0 rings (SSSR count). The molecule has 0 radical (unpaired) electrons. The monoisotopic (exact) mass is 305 g/mol. The maximum absolute atomic E-state index is 11.4. The van der Waals surface area contributed by atoms with Crippen LogP contribution in [0.4, 0.5) is 0 Å². The van der Waals surface area contributed by atoms with Crippen LogP contribution in [0.3, 0.4) is 0 Å². The average Bonchev–Trinajstić information content (AvgIpc) is 2.39. The van der Waals surface area contributed by atoms with Crippen LogP contribution in [-0.4, -0.2) is 51.2 Å². The summed E-state index contributed by atoms with van der Waals surface area (Å²) < 4.78 is 0. The third-order valence-electron chi connectivity index (χ3n) is 2.68. The van der Waals surface area contributed by atoms with Gasteiger partial charge < -0.3 is 20.6 Å². The summed E-state index contributed by atoms with van der Waals surface area (Å²) in [7, 11) is 0. The van der Waals surface area contributed by atoms with Crippen LogP contribution >= 0.6 is 0 Å². The summed E-state index contributed by atoms with van der Waals surface area (Å²) in [6.45, 7) is 0. The molecule has 120 valence electrons. The molecule has 0 heterocycles. The highest BCUT2D eigenvalue weighted by Crippen LogP contribution is 2.05. The SMILES string of the molecule is NNC(CCC[C@H](NC(=O)CCC(=O)O)C(=O)O)C(=O)O. The van der Waals surface area contributed by atoms with Crippen LogP contribution < -0.4 is 16.6 Å². The molecule has 0 bridgehead atoms. The molecule has 0 saturated heterocycles. The van der Waals surface area contributed by atoms with E-state index in [4.69, 9.17) is 21.2 Å². The van der Waals surface area contributed by atoms with Crippen LogP contribution in [0.1, 0.15) is 32.1 Å². The van der Waals surface area contributed by atoms with E-state index in [1.54, 1.807) is 0 Å². The molecule has 2 atom stereocenters. The lowest BCUT2D eigenvalue weighted by atomic mass is 10.1. The molecule has 7 N–H and O–H groups in total. The third-order valence-corrected chi connectivity index (χ3v) is 2.68. The first-order valence-corrected chi connectivity index (χ1v) is 6.20. The molecule has 0 aliphatic rings. The second-order valence-electron chi connectivity index (χ2n) is 4.34. The van der Waals surface area contributed by atoms with Crippen molar-refractivity contribution in [2.45, 2.75) is 44.2 Å². The first kappa shape index (κ1) is 18.8. The van der Waals surface area contributed by atoms with Gasteiger partial charge >= 0.3 is 17.9 Å². The number of hydrogen-bond donors (Lipinski definition) is 6. The Balaban J connectivity index is 4.25. The number of nitrogens with one attached hydrogen (secondary N) is 2. The van der Waals surface area contributed by atoms with Gasteiger partial charge in [-0.1, -0.05) is 0 Å². The van der Waals surface area contributed by atoms with Gasteiger partial charge in [-0.15, -0.1) is 0 Å². The highest BCUT2D eigenvalue weighted by molar-refractivity contribution is 5.85. The molecule has 0 saturated carbocycles. The number of carbonyl (C=O) groups excluding carboxylic acids is 1. The maximum atomic E-state index is 11.4.